The van der Waals surface area contributed by atoms with Gasteiger partial charge in [0.15, 0.2) is 0 Å². The summed E-state index contributed by atoms with van der Waals surface area (Å²) in [5, 5.41) is 5.12. The molecule has 0 bridgehead atoms. The summed E-state index contributed by atoms with van der Waals surface area (Å²) in [7, 11) is 0. The van der Waals surface area contributed by atoms with Gasteiger partial charge in [-0.2, -0.15) is 11.2 Å². The first-order valence-corrected chi connectivity index (χ1v) is 21.1. The van der Waals surface area contributed by atoms with Crippen LogP contribution in [0.3, 0.4) is 0 Å². The van der Waals surface area contributed by atoms with E-state index >= 15 is 0 Å². The van der Waals surface area contributed by atoms with Crippen molar-refractivity contribution in [1.82, 2.24) is 42.7 Å². The summed E-state index contributed by atoms with van der Waals surface area (Å²) in [4.78, 5) is 15.7. The maximum Gasteiger partial charge on any atom is 2.00 e. The van der Waals surface area contributed by atoms with Crippen LogP contribution in [0.25, 0.3) is 84.0 Å². The van der Waals surface area contributed by atoms with E-state index in [2.05, 4.69) is 194 Å². The molecule has 0 atom stereocenters. The Morgan fingerprint density at radius 1 is 0.629 bits per heavy atom. The largest absolute Gasteiger partial charge is 2.00 e. The van der Waals surface area contributed by atoms with Crippen molar-refractivity contribution in [3.05, 3.63) is 150 Å². The van der Waals surface area contributed by atoms with Crippen molar-refractivity contribution in [2.24, 2.45) is 0 Å². The van der Waals surface area contributed by atoms with Gasteiger partial charge in [-0.1, -0.05) is 109 Å². The molecule has 0 spiro atoms. The Hall–Kier alpha value is -6.31. The fourth-order valence-electron chi connectivity index (χ4n) is 9.92. The third-order valence-corrected chi connectivity index (χ3v) is 13.9. The topological polar surface area (TPSA) is 75.2 Å². The molecular formula is C52H45N9Pt. The van der Waals surface area contributed by atoms with Crippen molar-refractivity contribution in [1.29, 1.82) is 0 Å². The summed E-state index contributed by atoms with van der Waals surface area (Å²) in [6, 6.07) is 42.4. The van der Waals surface area contributed by atoms with Crippen LogP contribution in [0.2, 0.25) is 0 Å². The van der Waals surface area contributed by atoms with Crippen molar-refractivity contribution < 1.29 is 21.1 Å². The van der Waals surface area contributed by atoms with Crippen LogP contribution in [0.4, 0.5) is 0 Å². The molecule has 11 aromatic rings. The van der Waals surface area contributed by atoms with Gasteiger partial charge in [0.2, 0.25) is 11.6 Å². The van der Waals surface area contributed by atoms with E-state index < -0.39 is 0 Å². The number of benzene rings is 5. The van der Waals surface area contributed by atoms with Crippen LogP contribution < -0.4 is 0 Å². The second-order valence-corrected chi connectivity index (χ2v) is 19.0. The molecule has 308 valence electrons. The number of imidazole rings is 4. The summed E-state index contributed by atoms with van der Waals surface area (Å²) >= 11 is 0. The van der Waals surface area contributed by atoms with Gasteiger partial charge in [-0.3, -0.25) is 9.25 Å². The van der Waals surface area contributed by atoms with Gasteiger partial charge in [0.1, 0.15) is 5.82 Å². The molecule has 0 radical (unpaired) electrons. The van der Waals surface area contributed by atoms with Crippen molar-refractivity contribution in [2.45, 2.75) is 78.6 Å². The minimum Gasteiger partial charge on any atom is -0.331 e. The third-order valence-electron chi connectivity index (χ3n) is 13.9. The van der Waals surface area contributed by atoms with Gasteiger partial charge in [0.25, 0.3) is 0 Å². The number of para-hydroxylation sites is 2. The second kappa shape index (κ2) is 12.9. The van der Waals surface area contributed by atoms with Gasteiger partial charge >= 0.3 is 21.1 Å². The summed E-state index contributed by atoms with van der Waals surface area (Å²) in [6.07, 6.45) is 3.93. The summed E-state index contributed by atoms with van der Waals surface area (Å²) in [5.74, 6) is 2.38. The zero-order valence-electron chi connectivity index (χ0n) is 36.2. The van der Waals surface area contributed by atoms with E-state index in [1.165, 1.54) is 16.8 Å². The Labute approximate surface area is 373 Å². The molecule has 6 aromatic heterocycles. The Morgan fingerprint density at radius 3 is 1.90 bits per heavy atom. The fraction of sp³-hybridized carbons (Fsp3) is 0.231. The van der Waals surface area contributed by atoms with Gasteiger partial charge < -0.3 is 13.4 Å². The van der Waals surface area contributed by atoms with Crippen LogP contribution in [0.1, 0.15) is 76.4 Å². The normalized spacial score (nSPS) is 14.7. The van der Waals surface area contributed by atoms with Crippen molar-refractivity contribution in [2.75, 3.05) is 0 Å². The summed E-state index contributed by atoms with van der Waals surface area (Å²) < 4.78 is 11.1. The summed E-state index contributed by atoms with van der Waals surface area (Å²) in [6.45, 7) is 20.3. The molecule has 0 aliphatic carbocycles. The first kappa shape index (κ1) is 38.6. The molecule has 12 rings (SSSR count). The molecule has 9 nitrogen and oxygen atoms in total. The Morgan fingerprint density at radius 2 is 1.26 bits per heavy atom. The van der Waals surface area contributed by atoms with Crippen molar-refractivity contribution in [3.63, 3.8) is 0 Å². The predicted octanol–water partition coefficient (Wildman–Crippen LogP) is 11.5. The maximum atomic E-state index is 5.41. The number of aryl methyl sites for hydroxylation is 2. The van der Waals surface area contributed by atoms with Crippen LogP contribution >= 0.6 is 0 Å². The van der Waals surface area contributed by atoms with Gasteiger partial charge in [0, 0.05) is 17.2 Å². The number of fused-ring (bicyclic) bond motifs is 13. The molecule has 1 aliphatic rings. The van der Waals surface area contributed by atoms with Crippen LogP contribution in [-0.2, 0) is 37.3 Å². The number of pyridine rings is 1. The standard InChI is InChI=1S/C52H45N9.Pt/c1-30-15-13-19-37-45(30)55-48-57(34-21-22-36-39(26-34)61-47(52(8,9)51(36,6)7)35(29-54-61)32-17-11-10-12-18-32)40-27-43-42(28-41(40)58(37)48)59-38-20-14-16-31(2)46(38)56-49(59)60(43)44-25-33(23-24-53-44)50(3,4)5;/h10-25,28-29H,1-9H3;/q-2;+2. The molecule has 0 saturated carbocycles. The first-order valence-electron chi connectivity index (χ1n) is 21.1. The molecule has 0 unspecified atom stereocenters. The molecular weight excluding hydrogens is 946 g/mol. The fourth-order valence-corrected chi connectivity index (χ4v) is 9.92. The van der Waals surface area contributed by atoms with E-state index in [0.29, 0.717) is 0 Å². The Bertz CT molecular complexity index is 3660. The Kier molecular flexibility index (Phi) is 8.01. The number of hydrogen-bond acceptors (Lipinski definition) is 4. The third kappa shape index (κ3) is 5.00. The SMILES string of the molecule is Cc1cccc2c1nc1n(-c3[c-]c4c(cc3)C(C)(C)C(C)(C)c3c(-c5ccccc5)cnn3-4)c3[c-]c4c(cc3n21)n1c2cccc(C)c2nc1n4-c1cc(C(C)(C)C)ccn1.[Pt+2]. The Balaban J connectivity index is 0.00000432. The number of nitrogens with zero attached hydrogens (tertiary/aromatic N) is 9. The molecule has 1 aliphatic heterocycles. The second-order valence-electron chi connectivity index (χ2n) is 19.0. The molecule has 0 saturated heterocycles. The molecule has 0 fully saturated rings. The van der Waals surface area contributed by atoms with Gasteiger partial charge in [-0.25, -0.2) is 15.0 Å². The molecule has 62 heavy (non-hydrogen) atoms. The summed E-state index contributed by atoms with van der Waals surface area (Å²) in [5.41, 5.74) is 17.1. The van der Waals surface area contributed by atoms with Gasteiger partial charge in [-0.15, -0.1) is 29.8 Å². The van der Waals surface area contributed by atoms with Gasteiger partial charge in [0.05, 0.1) is 34.0 Å². The molecule has 10 heteroatoms. The predicted molar refractivity (Wildman–Crippen MR) is 245 cm³/mol. The maximum absolute atomic E-state index is 5.41. The van der Waals surface area contributed by atoms with Crippen molar-refractivity contribution in [3.8, 4) is 28.3 Å². The first-order chi connectivity index (χ1) is 29.2. The van der Waals surface area contributed by atoms with Crippen LogP contribution in [-0.4, -0.2) is 42.7 Å². The van der Waals surface area contributed by atoms with Crippen LogP contribution in [0, 0.1) is 26.0 Å². The minimum absolute atomic E-state index is 0. The van der Waals surface area contributed by atoms with E-state index in [1.807, 2.05) is 12.4 Å². The zero-order valence-corrected chi connectivity index (χ0v) is 38.5. The zero-order chi connectivity index (χ0) is 41.9. The van der Waals surface area contributed by atoms with Crippen LogP contribution in [0.5, 0.6) is 0 Å². The average molecular weight is 991 g/mol. The molecule has 0 amide bonds. The molecule has 7 heterocycles. The molecule has 0 N–H and O–H groups in total. The van der Waals surface area contributed by atoms with E-state index in [1.54, 1.807) is 0 Å². The van der Waals surface area contributed by atoms with E-state index in [4.69, 9.17) is 20.1 Å². The minimum atomic E-state index is -0.244. The monoisotopic (exact) mass is 990 g/mol. The van der Waals surface area contributed by atoms with E-state index in [9.17, 15) is 0 Å². The average Bonchev–Trinajstić information content (AvgIpc) is 4.05. The molecule has 5 aromatic carbocycles. The smallest absolute Gasteiger partial charge is 0.331 e. The van der Waals surface area contributed by atoms with Crippen LogP contribution in [0.15, 0.2) is 109 Å². The number of hydrogen-bond donors (Lipinski definition) is 0. The van der Waals surface area contributed by atoms with E-state index in [-0.39, 0.29) is 37.3 Å². The van der Waals surface area contributed by atoms with Crippen molar-refractivity contribution >= 4 is 55.7 Å². The quantitative estimate of drug-likeness (QED) is 0.165. The number of aromatic nitrogens is 9. The van der Waals surface area contributed by atoms with Gasteiger partial charge in [-0.05, 0) is 99.0 Å². The van der Waals surface area contributed by atoms with E-state index in [0.717, 1.165) is 95.1 Å². The number of rotatable bonds is 3.